The second-order valence-electron chi connectivity index (χ2n) is 15.3. The summed E-state index contributed by atoms with van der Waals surface area (Å²) in [6.07, 6.45) is 0. The molecule has 1 aromatic heterocycles. The van der Waals surface area contributed by atoms with Gasteiger partial charge in [0.1, 0.15) is 0 Å². The van der Waals surface area contributed by atoms with Gasteiger partial charge in [-0.25, -0.2) is 15.0 Å². The molecule has 10 rings (SSSR count). The molecule has 0 radical (unpaired) electrons. The molecule has 58 heavy (non-hydrogen) atoms. The third-order valence-electron chi connectivity index (χ3n) is 11.3. The summed E-state index contributed by atoms with van der Waals surface area (Å²) in [5.74, 6) is 1.89. The van der Waals surface area contributed by atoms with Crippen LogP contribution in [-0.2, 0) is 5.41 Å². The van der Waals surface area contributed by atoms with Crippen molar-refractivity contribution in [3.8, 4) is 67.5 Å². The summed E-state index contributed by atoms with van der Waals surface area (Å²) >= 11 is 0. The van der Waals surface area contributed by atoms with E-state index in [1.165, 1.54) is 22.5 Å². The van der Waals surface area contributed by atoms with E-state index >= 15 is 0 Å². The maximum Gasteiger partial charge on any atom is 0.164 e. The molecule has 0 bridgehead atoms. The largest absolute Gasteiger partial charge is 0.310 e. The van der Waals surface area contributed by atoms with Gasteiger partial charge in [0.15, 0.2) is 17.5 Å². The van der Waals surface area contributed by atoms with Gasteiger partial charge in [0.2, 0.25) is 0 Å². The lowest BCUT2D eigenvalue weighted by molar-refractivity contribution is 0.632. The first kappa shape index (κ1) is 35.0. The minimum absolute atomic E-state index is 0.215. The molecule has 8 aromatic carbocycles. The lowest BCUT2D eigenvalue weighted by Crippen LogP contribution is -2.30. The van der Waals surface area contributed by atoms with Crippen LogP contribution in [0.2, 0.25) is 0 Å². The molecule has 4 nitrogen and oxygen atoms in total. The number of anilines is 3. The van der Waals surface area contributed by atoms with Crippen molar-refractivity contribution in [1.29, 1.82) is 0 Å². The van der Waals surface area contributed by atoms with E-state index in [9.17, 15) is 0 Å². The first-order chi connectivity index (χ1) is 28.5. The van der Waals surface area contributed by atoms with Crippen LogP contribution in [0.5, 0.6) is 0 Å². The third kappa shape index (κ3) is 6.35. The summed E-state index contributed by atoms with van der Waals surface area (Å²) in [5, 5.41) is 0. The zero-order chi connectivity index (χ0) is 39.1. The highest BCUT2D eigenvalue weighted by Gasteiger charge is 2.37. The van der Waals surface area contributed by atoms with E-state index in [0.29, 0.717) is 17.5 Å². The molecule has 9 aromatic rings. The summed E-state index contributed by atoms with van der Waals surface area (Å²) in [4.78, 5) is 17.8. The van der Waals surface area contributed by atoms with Crippen molar-refractivity contribution in [2.24, 2.45) is 0 Å². The predicted molar refractivity (Wildman–Crippen MR) is 239 cm³/mol. The van der Waals surface area contributed by atoms with Gasteiger partial charge < -0.3 is 4.90 Å². The first-order valence-corrected chi connectivity index (χ1v) is 19.8. The smallest absolute Gasteiger partial charge is 0.164 e. The Morgan fingerprint density at radius 1 is 0.328 bits per heavy atom. The first-order valence-electron chi connectivity index (χ1n) is 19.8. The zero-order valence-corrected chi connectivity index (χ0v) is 32.4. The molecule has 0 unspecified atom stereocenters. The van der Waals surface area contributed by atoms with Crippen molar-refractivity contribution in [3.63, 3.8) is 0 Å². The molecule has 0 spiro atoms. The highest BCUT2D eigenvalue weighted by molar-refractivity contribution is 5.89. The van der Waals surface area contributed by atoms with Gasteiger partial charge in [-0.2, -0.15) is 0 Å². The van der Waals surface area contributed by atoms with Gasteiger partial charge in [0.25, 0.3) is 0 Å². The van der Waals surface area contributed by atoms with Crippen LogP contribution in [-0.4, -0.2) is 15.0 Å². The van der Waals surface area contributed by atoms with Gasteiger partial charge in [0.05, 0.1) is 11.4 Å². The Morgan fingerprint density at radius 2 is 0.793 bits per heavy atom. The normalized spacial score (nSPS) is 12.8. The van der Waals surface area contributed by atoms with Gasteiger partial charge in [0, 0.05) is 27.8 Å². The van der Waals surface area contributed by atoms with Crippen molar-refractivity contribution in [2.75, 3.05) is 4.90 Å². The second-order valence-corrected chi connectivity index (χ2v) is 15.3. The molecule has 276 valence electrons. The summed E-state index contributed by atoms with van der Waals surface area (Å²) in [5.41, 5.74) is 15.5. The summed E-state index contributed by atoms with van der Waals surface area (Å²) in [6, 6.07) is 72.7. The van der Waals surface area contributed by atoms with E-state index in [2.05, 4.69) is 207 Å². The number of nitrogens with zero attached hydrogens (tertiary/aromatic N) is 4. The molecule has 0 fully saturated rings. The molecule has 0 atom stereocenters. The van der Waals surface area contributed by atoms with Crippen LogP contribution in [0.3, 0.4) is 0 Å². The topological polar surface area (TPSA) is 41.9 Å². The number of fused-ring (bicyclic) bond motifs is 2. The van der Waals surface area contributed by atoms with Crippen molar-refractivity contribution >= 4 is 17.1 Å². The molecule has 0 saturated heterocycles. The number of para-hydroxylation sites is 2. The molecule has 0 saturated carbocycles. The van der Waals surface area contributed by atoms with Crippen LogP contribution in [0.15, 0.2) is 206 Å². The second kappa shape index (κ2) is 14.6. The fraction of sp³-hybridized carbons (Fsp3) is 0.0556. The van der Waals surface area contributed by atoms with E-state index in [0.717, 1.165) is 55.8 Å². The highest BCUT2D eigenvalue weighted by Crippen LogP contribution is 2.52. The Balaban J connectivity index is 1.09. The fourth-order valence-corrected chi connectivity index (χ4v) is 8.34. The summed E-state index contributed by atoms with van der Waals surface area (Å²) < 4.78 is 0. The van der Waals surface area contributed by atoms with Crippen LogP contribution in [0.25, 0.3) is 67.5 Å². The summed E-state index contributed by atoms with van der Waals surface area (Å²) in [6.45, 7) is 4.67. The van der Waals surface area contributed by atoms with Crippen molar-refractivity contribution in [2.45, 2.75) is 19.3 Å². The monoisotopic (exact) mass is 744 g/mol. The quantitative estimate of drug-likeness (QED) is 0.163. The number of hydrogen-bond donors (Lipinski definition) is 0. The van der Waals surface area contributed by atoms with Crippen LogP contribution in [0, 0.1) is 0 Å². The van der Waals surface area contributed by atoms with Crippen LogP contribution in [0.4, 0.5) is 17.1 Å². The molecule has 0 aliphatic carbocycles. The van der Waals surface area contributed by atoms with E-state index in [1.807, 2.05) is 18.2 Å². The van der Waals surface area contributed by atoms with Gasteiger partial charge >= 0.3 is 0 Å². The summed E-state index contributed by atoms with van der Waals surface area (Å²) in [7, 11) is 0. The Morgan fingerprint density at radius 3 is 1.47 bits per heavy atom. The van der Waals surface area contributed by atoms with Gasteiger partial charge in [-0.15, -0.1) is 0 Å². The van der Waals surface area contributed by atoms with Crippen LogP contribution >= 0.6 is 0 Å². The van der Waals surface area contributed by atoms with E-state index in [-0.39, 0.29) is 5.41 Å². The Labute approximate surface area is 339 Å². The number of aromatic nitrogens is 3. The highest BCUT2D eigenvalue weighted by atomic mass is 15.2. The Bertz CT molecular complexity index is 2910. The molecule has 2 heterocycles. The third-order valence-corrected chi connectivity index (χ3v) is 11.3. The Kier molecular flexibility index (Phi) is 8.80. The maximum atomic E-state index is 5.20. The minimum Gasteiger partial charge on any atom is -0.310 e. The fourth-order valence-electron chi connectivity index (χ4n) is 8.34. The molecule has 1 aliphatic heterocycles. The van der Waals surface area contributed by atoms with Crippen molar-refractivity contribution in [1.82, 2.24) is 15.0 Å². The molecule has 4 heteroatoms. The number of benzene rings is 8. The van der Waals surface area contributed by atoms with E-state index in [1.54, 1.807) is 0 Å². The van der Waals surface area contributed by atoms with Crippen LogP contribution in [0.1, 0.15) is 25.0 Å². The maximum absolute atomic E-state index is 5.20. The molecular weight excluding hydrogens is 705 g/mol. The average molecular weight is 745 g/mol. The van der Waals surface area contributed by atoms with Crippen molar-refractivity contribution in [3.05, 3.63) is 217 Å². The van der Waals surface area contributed by atoms with Gasteiger partial charge in [-0.05, 0) is 87.0 Å². The standard InChI is InChI=1S/C54H40N4/c1-54(2)47-28-15-16-29-49(47)58(44-26-13-6-14-27-44)50-33-31-41(36-48(50)54)40-24-17-25-42(34-40)52-55-51(39-22-11-5-12-23-39)56-53(57-52)43-30-32-45(37-18-7-3-8-19-37)46(35-43)38-20-9-4-10-21-38/h3-36H,1-2H3. The van der Waals surface area contributed by atoms with E-state index in [4.69, 9.17) is 15.0 Å². The molecule has 1 aliphatic rings. The van der Waals surface area contributed by atoms with E-state index < -0.39 is 0 Å². The zero-order valence-electron chi connectivity index (χ0n) is 32.4. The number of hydrogen-bond acceptors (Lipinski definition) is 4. The van der Waals surface area contributed by atoms with Crippen molar-refractivity contribution < 1.29 is 0 Å². The Hall–Kier alpha value is -7.43. The molecule has 0 N–H and O–H groups in total. The van der Waals surface area contributed by atoms with Gasteiger partial charge in [-0.3, -0.25) is 0 Å². The average Bonchev–Trinajstić information content (AvgIpc) is 3.30. The molecule has 0 amide bonds. The lowest BCUT2D eigenvalue weighted by atomic mass is 9.73. The van der Waals surface area contributed by atoms with Gasteiger partial charge in [-0.1, -0.05) is 178 Å². The minimum atomic E-state index is -0.215. The molecular formula is C54H40N4. The predicted octanol–water partition coefficient (Wildman–Crippen LogP) is 14.0. The SMILES string of the molecule is CC1(C)c2ccccc2N(c2ccccc2)c2ccc(-c3cccc(-c4nc(-c5ccccc5)nc(-c5ccc(-c6ccccc6)c(-c6ccccc6)c5)n4)c3)cc21. The number of rotatable bonds is 7. The van der Waals surface area contributed by atoms with Crippen LogP contribution < -0.4 is 4.90 Å². The lowest BCUT2D eigenvalue weighted by Gasteiger charge is -2.42.